The zero-order valence-corrected chi connectivity index (χ0v) is 15.4. The fourth-order valence-electron chi connectivity index (χ4n) is 1.73. The van der Waals surface area contributed by atoms with Crippen LogP contribution >= 0.6 is 0 Å². The average molecular weight is 299 g/mol. The monoisotopic (exact) mass is 298 g/mol. The minimum atomic E-state index is -1.58. The zero-order chi connectivity index (χ0) is 15.4. The summed E-state index contributed by atoms with van der Waals surface area (Å²) in [5, 5.41) is 0. The van der Waals surface area contributed by atoms with Gasteiger partial charge in [0.2, 0.25) is 8.32 Å². The van der Waals surface area contributed by atoms with Crippen molar-refractivity contribution in [3.63, 3.8) is 0 Å². The lowest BCUT2D eigenvalue weighted by atomic mass is 10.1. The number of ether oxygens (including phenoxy) is 1. The van der Waals surface area contributed by atoms with Gasteiger partial charge >= 0.3 is 0 Å². The van der Waals surface area contributed by atoms with Gasteiger partial charge in [-0.1, -0.05) is 44.8 Å². The predicted octanol–water partition coefficient (Wildman–Crippen LogP) is 6.02. The molecule has 0 heterocycles. The van der Waals surface area contributed by atoms with Gasteiger partial charge in [-0.2, -0.15) is 0 Å². The predicted molar refractivity (Wildman–Crippen MR) is 91.3 cm³/mol. The summed E-state index contributed by atoms with van der Waals surface area (Å²) in [7, 11) is -1.58. The third-order valence-electron chi connectivity index (χ3n) is 2.76. The van der Waals surface area contributed by atoms with Crippen molar-refractivity contribution in [3.8, 4) is 0 Å². The fraction of sp³-hybridized carbons (Fsp3) is 0.765. The van der Waals surface area contributed by atoms with E-state index in [0.717, 1.165) is 17.9 Å². The second-order valence-electron chi connectivity index (χ2n) is 6.49. The maximum absolute atomic E-state index is 5.93. The van der Waals surface area contributed by atoms with Crippen LogP contribution in [0.15, 0.2) is 23.7 Å². The average Bonchev–Trinajstić information content (AvgIpc) is 2.33. The lowest BCUT2D eigenvalue weighted by Crippen LogP contribution is -2.26. The summed E-state index contributed by atoms with van der Waals surface area (Å²) in [4.78, 5) is 0. The molecule has 3 heteroatoms. The van der Waals surface area contributed by atoms with Crippen LogP contribution in [-0.2, 0) is 9.16 Å². The van der Waals surface area contributed by atoms with Crippen LogP contribution in [-0.4, -0.2) is 14.9 Å². The largest absolute Gasteiger partial charge is 0.520 e. The van der Waals surface area contributed by atoms with Crippen molar-refractivity contribution in [2.45, 2.75) is 78.9 Å². The van der Waals surface area contributed by atoms with E-state index in [-0.39, 0.29) is 0 Å². The van der Waals surface area contributed by atoms with Crippen LogP contribution in [0.25, 0.3) is 0 Å². The maximum atomic E-state index is 5.93. The van der Waals surface area contributed by atoms with Crippen LogP contribution in [0, 0.1) is 0 Å². The first-order chi connectivity index (χ1) is 9.37. The molecule has 2 nitrogen and oxygen atoms in total. The van der Waals surface area contributed by atoms with Gasteiger partial charge in [0, 0.05) is 5.57 Å². The molecule has 0 rings (SSSR count). The van der Waals surface area contributed by atoms with Crippen molar-refractivity contribution in [2.75, 3.05) is 6.61 Å². The molecule has 0 atom stereocenters. The van der Waals surface area contributed by atoms with Gasteiger partial charge < -0.3 is 9.16 Å². The van der Waals surface area contributed by atoms with Gasteiger partial charge in [-0.05, 0) is 46.3 Å². The molecule has 0 aromatic rings. The summed E-state index contributed by atoms with van der Waals surface area (Å²) >= 11 is 0. The molecule has 0 aliphatic carbocycles. The van der Waals surface area contributed by atoms with Crippen LogP contribution in [0.5, 0.6) is 0 Å². The van der Waals surface area contributed by atoms with E-state index in [2.05, 4.69) is 38.7 Å². The number of allylic oxidation sites excluding steroid dienone is 2. The molecule has 0 aromatic carbocycles. The third kappa shape index (κ3) is 12.3. The molecule has 0 aliphatic heterocycles. The van der Waals surface area contributed by atoms with Crippen molar-refractivity contribution < 1.29 is 9.16 Å². The Kier molecular flexibility index (Phi) is 10.6. The van der Waals surface area contributed by atoms with E-state index in [1.807, 2.05) is 13.8 Å². The summed E-state index contributed by atoms with van der Waals surface area (Å²) < 4.78 is 11.7. The highest BCUT2D eigenvalue weighted by molar-refractivity contribution is 6.70. The minimum Gasteiger partial charge on any atom is -0.520 e. The molecule has 20 heavy (non-hydrogen) atoms. The SMILES string of the molecule is CCCCCCC/C=C/COC(O[Si](C)(C)C)=C(C)C. The van der Waals surface area contributed by atoms with Gasteiger partial charge in [-0.3, -0.25) is 0 Å². The number of rotatable bonds is 11. The second-order valence-corrected chi connectivity index (χ2v) is 10.9. The summed E-state index contributed by atoms with van der Waals surface area (Å²) in [6, 6.07) is 0. The number of hydrogen-bond acceptors (Lipinski definition) is 2. The van der Waals surface area contributed by atoms with Gasteiger partial charge in [0.05, 0.1) is 0 Å². The summed E-state index contributed by atoms with van der Waals surface area (Å²) in [6.07, 6.45) is 12.2. The van der Waals surface area contributed by atoms with Gasteiger partial charge in [-0.15, -0.1) is 0 Å². The molecule has 0 fully saturated rings. The van der Waals surface area contributed by atoms with E-state index >= 15 is 0 Å². The lowest BCUT2D eigenvalue weighted by Gasteiger charge is -2.22. The Hall–Kier alpha value is -0.703. The molecule has 0 bridgehead atoms. The first kappa shape index (κ1) is 19.3. The molecule has 0 amide bonds. The molecule has 0 radical (unpaired) electrons. The van der Waals surface area contributed by atoms with E-state index < -0.39 is 8.32 Å². The fourth-order valence-corrected chi connectivity index (χ4v) is 2.55. The molecular formula is C17H34O2Si. The van der Waals surface area contributed by atoms with Gasteiger partial charge in [0.1, 0.15) is 6.61 Å². The van der Waals surface area contributed by atoms with Crippen molar-refractivity contribution in [1.29, 1.82) is 0 Å². The lowest BCUT2D eigenvalue weighted by molar-refractivity contribution is 0.118. The maximum Gasteiger partial charge on any atom is 0.264 e. The van der Waals surface area contributed by atoms with E-state index in [1.165, 1.54) is 32.1 Å². The molecule has 0 spiro atoms. The highest BCUT2D eigenvalue weighted by atomic mass is 28.4. The van der Waals surface area contributed by atoms with Gasteiger partial charge in [0.25, 0.3) is 5.95 Å². The van der Waals surface area contributed by atoms with Crippen LogP contribution in [0.2, 0.25) is 19.6 Å². The van der Waals surface area contributed by atoms with Crippen LogP contribution < -0.4 is 0 Å². The highest BCUT2D eigenvalue weighted by Crippen LogP contribution is 2.15. The Morgan fingerprint density at radius 3 is 2.15 bits per heavy atom. The van der Waals surface area contributed by atoms with Crippen LogP contribution in [0.1, 0.15) is 59.3 Å². The Morgan fingerprint density at radius 1 is 0.950 bits per heavy atom. The van der Waals surface area contributed by atoms with E-state index in [4.69, 9.17) is 9.16 Å². The second kappa shape index (κ2) is 11.0. The molecule has 0 N–H and O–H groups in total. The highest BCUT2D eigenvalue weighted by Gasteiger charge is 2.19. The normalized spacial score (nSPS) is 11.7. The topological polar surface area (TPSA) is 18.5 Å². The van der Waals surface area contributed by atoms with Crippen LogP contribution in [0.3, 0.4) is 0 Å². The van der Waals surface area contributed by atoms with Gasteiger partial charge in [0.15, 0.2) is 0 Å². The van der Waals surface area contributed by atoms with Crippen molar-refractivity contribution >= 4 is 8.32 Å². The first-order valence-corrected chi connectivity index (χ1v) is 11.4. The number of hydrogen-bond donors (Lipinski definition) is 0. The number of unbranched alkanes of at least 4 members (excludes halogenated alkanes) is 5. The van der Waals surface area contributed by atoms with E-state index in [0.29, 0.717) is 6.61 Å². The van der Waals surface area contributed by atoms with E-state index in [1.54, 1.807) is 0 Å². The molecule has 0 aromatic heterocycles. The minimum absolute atomic E-state index is 0.611. The van der Waals surface area contributed by atoms with Crippen molar-refractivity contribution in [1.82, 2.24) is 0 Å². The molecule has 0 aliphatic rings. The van der Waals surface area contributed by atoms with Gasteiger partial charge in [-0.25, -0.2) is 0 Å². The third-order valence-corrected chi connectivity index (χ3v) is 3.56. The van der Waals surface area contributed by atoms with E-state index in [9.17, 15) is 0 Å². The standard InChI is InChI=1S/C17H34O2Si/c1-7-8-9-10-11-12-13-14-15-18-17(16(2)3)19-20(4,5)6/h13-14H,7-12,15H2,1-6H3/b14-13+. The Balaban J connectivity index is 3.82. The Labute approximate surface area is 127 Å². The zero-order valence-electron chi connectivity index (χ0n) is 14.4. The first-order valence-electron chi connectivity index (χ1n) is 8.01. The smallest absolute Gasteiger partial charge is 0.264 e. The molecular weight excluding hydrogens is 264 g/mol. The summed E-state index contributed by atoms with van der Waals surface area (Å²) in [5.74, 6) is 0.719. The summed E-state index contributed by atoms with van der Waals surface area (Å²) in [5.41, 5.74) is 1.11. The Morgan fingerprint density at radius 2 is 1.60 bits per heavy atom. The summed E-state index contributed by atoms with van der Waals surface area (Å²) in [6.45, 7) is 13.4. The molecule has 118 valence electrons. The van der Waals surface area contributed by atoms with Crippen molar-refractivity contribution in [3.05, 3.63) is 23.7 Å². The van der Waals surface area contributed by atoms with Crippen molar-refractivity contribution in [2.24, 2.45) is 0 Å². The van der Waals surface area contributed by atoms with Crippen LogP contribution in [0.4, 0.5) is 0 Å². The Bertz CT molecular complexity index is 297. The molecule has 0 unspecified atom stereocenters. The molecule has 0 saturated heterocycles. The quantitative estimate of drug-likeness (QED) is 0.201. The molecule has 0 saturated carbocycles.